The SMILES string of the molecule is O=C(O)[C@@H]1CSCN1C(=O)C1(c2ccccc2)CCCC1. The van der Waals surface area contributed by atoms with Gasteiger partial charge in [-0.25, -0.2) is 4.79 Å². The van der Waals surface area contributed by atoms with Crippen molar-refractivity contribution in [2.75, 3.05) is 11.6 Å². The van der Waals surface area contributed by atoms with Gasteiger partial charge in [-0.15, -0.1) is 11.8 Å². The zero-order valence-corrected chi connectivity index (χ0v) is 12.6. The highest BCUT2D eigenvalue weighted by atomic mass is 32.2. The van der Waals surface area contributed by atoms with Crippen molar-refractivity contribution >= 4 is 23.6 Å². The lowest BCUT2D eigenvalue weighted by Gasteiger charge is -2.34. The number of carboxylic acid groups (broad SMARTS) is 1. The summed E-state index contributed by atoms with van der Waals surface area (Å²) in [6, 6.07) is 9.18. The number of hydrogen-bond donors (Lipinski definition) is 1. The molecule has 1 heterocycles. The second kappa shape index (κ2) is 5.72. The van der Waals surface area contributed by atoms with Crippen LogP contribution in [0.15, 0.2) is 30.3 Å². The fourth-order valence-electron chi connectivity index (χ4n) is 3.48. The molecule has 0 unspecified atom stereocenters. The summed E-state index contributed by atoms with van der Waals surface area (Å²) < 4.78 is 0. The van der Waals surface area contributed by atoms with Gasteiger partial charge in [0.2, 0.25) is 5.91 Å². The molecule has 1 amide bonds. The van der Waals surface area contributed by atoms with Gasteiger partial charge in [0.05, 0.1) is 11.3 Å². The lowest BCUT2D eigenvalue weighted by atomic mass is 9.77. The smallest absolute Gasteiger partial charge is 0.327 e. The molecule has 1 aliphatic carbocycles. The normalized spacial score (nSPS) is 24.2. The lowest BCUT2D eigenvalue weighted by Crippen LogP contribution is -2.50. The molecule has 1 aromatic rings. The summed E-state index contributed by atoms with van der Waals surface area (Å²) in [5.41, 5.74) is 0.522. The zero-order chi connectivity index (χ0) is 14.9. The van der Waals surface area contributed by atoms with E-state index in [-0.39, 0.29) is 5.91 Å². The van der Waals surface area contributed by atoms with Crippen molar-refractivity contribution in [1.29, 1.82) is 0 Å². The Hall–Kier alpha value is -1.49. The molecule has 1 N–H and O–H groups in total. The average Bonchev–Trinajstić information content (AvgIpc) is 3.17. The molecule has 5 heteroatoms. The Morgan fingerprint density at radius 1 is 1.19 bits per heavy atom. The summed E-state index contributed by atoms with van der Waals surface area (Å²) in [4.78, 5) is 26.1. The molecule has 4 nitrogen and oxygen atoms in total. The minimum absolute atomic E-state index is 0.00333. The Morgan fingerprint density at radius 3 is 2.48 bits per heavy atom. The van der Waals surface area contributed by atoms with Crippen LogP contribution in [0.4, 0.5) is 0 Å². The Kier molecular flexibility index (Phi) is 3.93. The van der Waals surface area contributed by atoms with Gasteiger partial charge in [-0.05, 0) is 18.4 Å². The van der Waals surface area contributed by atoms with Gasteiger partial charge in [0.15, 0.2) is 0 Å². The third-order valence-electron chi connectivity index (χ3n) is 4.62. The quantitative estimate of drug-likeness (QED) is 0.932. The van der Waals surface area contributed by atoms with Crippen LogP contribution in [0.3, 0.4) is 0 Å². The van der Waals surface area contributed by atoms with E-state index >= 15 is 0 Å². The molecule has 21 heavy (non-hydrogen) atoms. The summed E-state index contributed by atoms with van der Waals surface area (Å²) in [5, 5.41) is 9.32. The van der Waals surface area contributed by atoms with Gasteiger partial charge in [-0.1, -0.05) is 43.2 Å². The molecular formula is C16H19NO3S. The first-order chi connectivity index (χ1) is 10.1. The standard InChI is InChI=1S/C16H19NO3S/c18-14(19)13-10-21-11-17(13)15(20)16(8-4-5-9-16)12-6-2-1-3-7-12/h1-3,6-7,13H,4-5,8-11H2,(H,18,19)/t13-/m0/s1. The number of benzene rings is 1. The molecule has 1 atom stereocenters. The van der Waals surface area contributed by atoms with Crippen molar-refractivity contribution in [2.45, 2.75) is 37.1 Å². The first-order valence-electron chi connectivity index (χ1n) is 7.32. The second-order valence-corrected chi connectivity index (χ2v) is 6.78. The largest absolute Gasteiger partial charge is 0.480 e. The first-order valence-corrected chi connectivity index (χ1v) is 8.48. The van der Waals surface area contributed by atoms with Crippen molar-refractivity contribution in [2.24, 2.45) is 0 Å². The van der Waals surface area contributed by atoms with Gasteiger partial charge < -0.3 is 10.0 Å². The van der Waals surface area contributed by atoms with Crippen molar-refractivity contribution in [1.82, 2.24) is 4.90 Å². The molecule has 2 fully saturated rings. The molecule has 0 spiro atoms. The predicted molar refractivity (Wildman–Crippen MR) is 82.2 cm³/mol. The number of aliphatic carboxylic acids is 1. The van der Waals surface area contributed by atoms with E-state index in [0.29, 0.717) is 11.6 Å². The van der Waals surface area contributed by atoms with Crippen LogP contribution < -0.4 is 0 Å². The first kappa shape index (κ1) is 14.4. The summed E-state index contributed by atoms with van der Waals surface area (Å²) in [5.74, 6) is 0.0919. The van der Waals surface area contributed by atoms with E-state index in [1.165, 1.54) is 11.8 Å². The van der Waals surface area contributed by atoms with Gasteiger partial charge in [0.1, 0.15) is 6.04 Å². The fraction of sp³-hybridized carbons (Fsp3) is 0.500. The maximum Gasteiger partial charge on any atom is 0.327 e. The van der Waals surface area contributed by atoms with E-state index in [2.05, 4.69) is 0 Å². The summed E-state index contributed by atoms with van der Waals surface area (Å²) in [6.07, 6.45) is 3.70. The van der Waals surface area contributed by atoms with E-state index in [4.69, 9.17) is 0 Å². The number of carboxylic acids is 1. The topological polar surface area (TPSA) is 57.6 Å². The summed E-state index contributed by atoms with van der Waals surface area (Å²) >= 11 is 1.52. The molecule has 112 valence electrons. The number of amides is 1. The second-order valence-electron chi connectivity index (χ2n) is 5.78. The number of nitrogens with zero attached hydrogens (tertiary/aromatic N) is 1. The van der Waals surface area contributed by atoms with E-state index in [9.17, 15) is 14.7 Å². The Bertz CT molecular complexity index is 540. The number of carbonyl (C=O) groups excluding carboxylic acids is 1. The van der Waals surface area contributed by atoms with E-state index < -0.39 is 17.4 Å². The molecule has 1 aliphatic heterocycles. The molecule has 2 aliphatic rings. The van der Waals surface area contributed by atoms with Crippen LogP contribution >= 0.6 is 11.8 Å². The van der Waals surface area contributed by atoms with E-state index in [1.54, 1.807) is 4.90 Å². The maximum absolute atomic E-state index is 13.1. The van der Waals surface area contributed by atoms with Gasteiger partial charge >= 0.3 is 5.97 Å². The number of thioether (sulfide) groups is 1. The number of carbonyl (C=O) groups is 2. The number of hydrogen-bond acceptors (Lipinski definition) is 3. The minimum atomic E-state index is -0.894. The zero-order valence-electron chi connectivity index (χ0n) is 11.8. The predicted octanol–water partition coefficient (Wildman–Crippen LogP) is 2.48. The minimum Gasteiger partial charge on any atom is -0.480 e. The van der Waals surface area contributed by atoms with Crippen LogP contribution in [0.25, 0.3) is 0 Å². The van der Waals surface area contributed by atoms with Crippen LogP contribution in [0, 0.1) is 0 Å². The van der Waals surface area contributed by atoms with Crippen LogP contribution in [0.5, 0.6) is 0 Å². The van der Waals surface area contributed by atoms with Crippen molar-refractivity contribution in [3.8, 4) is 0 Å². The van der Waals surface area contributed by atoms with Gasteiger partial charge in [0.25, 0.3) is 0 Å². The lowest BCUT2D eigenvalue weighted by molar-refractivity contribution is -0.150. The molecule has 1 aromatic carbocycles. The molecular weight excluding hydrogens is 286 g/mol. The third kappa shape index (κ3) is 2.44. The summed E-state index contributed by atoms with van der Waals surface area (Å²) in [6.45, 7) is 0. The molecule has 3 rings (SSSR count). The molecule has 0 aromatic heterocycles. The Labute approximate surface area is 128 Å². The fourth-order valence-corrected chi connectivity index (χ4v) is 4.63. The Morgan fingerprint density at radius 2 is 1.86 bits per heavy atom. The molecule has 0 bridgehead atoms. The highest BCUT2D eigenvalue weighted by molar-refractivity contribution is 7.99. The third-order valence-corrected chi connectivity index (χ3v) is 5.63. The van der Waals surface area contributed by atoms with E-state index in [1.807, 2.05) is 30.3 Å². The van der Waals surface area contributed by atoms with Crippen molar-refractivity contribution in [3.63, 3.8) is 0 Å². The molecule has 1 saturated carbocycles. The van der Waals surface area contributed by atoms with Gasteiger partial charge in [0, 0.05) is 5.75 Å². The van der Waals surface area contributed by atoms with Crippen LogP contribution in [0.2, 0.25) is 0 Å². The highest BCUT2D eigenvalue weighted by Gasteiger charge is 2.48. The van der Waals surface area contributed by atoms with E-state index in [0.717, 1.165) is 31.2 Å². The van der Waals surface area contributed by atoms with Crippen LogP contribution in [-0.2, 0) is 15.0 Å². The highest BCUT2D eigenvalue weighted by Crippen LogP contribution is 2.44. The maximum atomic E-state index is 13.1. The van der Waals surface area contributed by atoms with Crippen LogP contribution in [-0.4, -0.2) is 39.6 Å². The molecule has 0 radical (unpaired) electrons. The monoisotopic (exact) mass is 305 g/mol. The van der Waals surface area contributed by atoms with Gasteiger partial charge in [-0.3, -0.25) is 4.79 Å². The summed E-state index contributed by atoms with van der Waals surface area (Å²) in [7, 11) is 0. The van der Waals surface area contributed by atoms with Crippen molar-refractivity contribution in [3.05, 3.63) is 35.9 Å². The van der Waals surface area contributed by atoms with Gasteiger partial charge in [-0.2, -0.15) is 0 Å². The van der Waals surface area contributed by atoms with Crippen LogP contribution in [0.1, 0.15) is 31.2 Å². The number of rotatable bonds is 3. The van der Waals surface area contributed by atoms with Crippen molar-refractivity contribution < 1.29 is 14.7 Å². The molecule has 1 saturated heterocycles. The average molecular weight is 305 g/mol. The Balaban J connectivity index is 1.95.